The Morgan fingerprint density at radius 3 is 2.41 bits per heavy atom. The highest BCUT2D eigenvalue weighted by molar-refractivity contribution is 7.11. The van der Waals surface area contributed by atoms with Crippen LogP contribution in [0.1, 0.15) is 22.6 Å². The second kappa shape index (κ2) is 8.31. The summed E-state index contributed by atoms with van der Waals surface area (Å²) in [7, 11) is 1.74. The summed E-state index contributed by atoms with van der Waals surface area (Å²) in [6.45, 7) is 6.83. The minimum Gasteiger partial charge on any atom is -0.495 e. The number of carbonyl (C=O) groups excluding carboxylic acids is 1. The molecule has 0 atom stereocenters. The number of benzene rings is 1. The number of hydrogen-bond acceptors (Lipinski definition) is 5. The smallest absolute Gasteiger partial charge is 0.222 e. The summed E-state index contributed by atoms with van der Waals surface area (Å²) in [5.74, 6) is 1.25. The molecule has 1 aromatic carbocycles. The van der Waals surface area contributed by atoms with Gasteiger partial charge in [-0.05, 0) is 30.7 Å². The van der Waals surface area contributed by atoms with Crippen LogP contribution in [-0.4, -0.2) is 55.5 Å². The average Bonchev–Trinajstić information content (AvgIpc) is 3.31. The van der Waals surface area contributed by atoms with Gasteiger partial charge in [0.15, 0.2) is 0 Å². The average molecular weight is 386 g/mol. The number of methoxy groups -OCH3 is 1. The Hall–Kier alpha value is -2.05. The Bertz CT molecular complexity index is 783. The zero-order chi connectivity index (χ0) is 18.6. The number of amides is 1. The molecule has 2 saturated heterocycles. The van der Waals surface area contributed by atoms with Crippen LogP contribution in [0.4, 0.5) is 5.69 Å². The minimum atomic E-state index is 0.303. The first-order chi connectivity index (χ1) is 13.2. The molecular weight excluding hydrogens is 358 g/mol. The van der Waals surface area contributed by atoms with Crippen LogP contribution in [0.15, 0.2) is 36.4 Å². The van der Waals surface area contributed by atoms with Crippen LogP contribution < -0.4 is 9.64 Å². The Labute approximate surface area is 165 Å². The van der Waals surface area contributed by atoms with E-state index in [0.29, 0.717) is 12.3 Å². The van der Waals surface area contributed by atoms with E-state index in [0.717, 1.165) is 58.0 Å². The molecule has 2 aliphatic heterocycles. The summed E-state index contributed by atoms with van der Waals surface area (Å²) in [5.41, 5.74) is 1.19. The van der Waals surface area contributed by atoms with Crippen LogP contribution >= 0.6 is 11.3 Å². The maximum absolute atomic E-state index is 11.8. The SMILES string of the molecule is COc1ccccc1N1CCN(Cc2ccc(CN3CCCC3=O)s2)CC1. The number of nitrogens with zero attached hydrogens (tertiary/aromatic N) is 3. The summed E-state index contributed by atoms with van der Waals surface area (Å²) in [5, 5.41) is 0. The molecule has 0 spiro atoms. The van der Waals surface area contributed by atoms with Crippen LogP contribution in [0.3, 0.4) is 0 Å². The third-order valence-corrected chi connectivity index (χ3v) is 6.47. The topological polar surface area (TPSA) is 36.0 Å². The van der Waals surface area contributed by atoms with Gasteiger partial charge in [0.1, 0.15) is 5.75 Å². The highest BCUT2D eigenvalue weighted by Gasteiger charge is 2.22. The highest BCUT2D eigenvalue weighted by Crippen LogP contribution is 2.29. The van der Waals surface area contributed by atoms with Crippen molar-refractivity contribution in [3.63, 3.8) is 0 Å². The largest absolute Gasteiger partial charge is 0.495 e. The van der Waals surface area contributed by atoms with Crippen molar-refractivity contribution in [2.45, 2.75) is 25.9 Å². The lowest BCUT2D eigenvalue weighted by Crippen LogP contribution is -2.45. The standard InChI is InChI=1S/C21H27N3O2S/c1-26-20-6-3-2-5-19(20)23-13-11-22(12-14-23)15-17-8-9-18(27-17)16-24-10-4-7-21(24)25/h2-3,5-6,8-9H,4,7,10-16H2,1H3. The summed E-state index contributed by atoms with van der Waals surface area (Å²) in [6.07, 6.45) is 1.72. The first kappa shape index (κ1) is 18.3. The molecule has 0 aliphatic carbocycles. The van der Waals surface area contributed by atoms with Gasteiger partial charge >= 0.3 is 0 Å². The molecule has 2 aromatic rings. The van der Waals surface area contributed by atoms with Crippen molar-refractivity contribution in [3.8, 4) is 5.75 Å². The lowest BCUT2D eigenvalue weighted by Gasteiger charge is -2.36. The first-order valence-electron chi connectivity index (χ1n) is 9.68. The second-order valence-corrected chi connectivity index (χ2v) is 8.47. The Morgan fingerprint density at radius 2 is 1.70 bits per heavy atom. The minimum absolute atomic E-state index is 0.303. The third kappa shape index (κ3) is 4.28. The molecular formula is C21H27N3O2S. The number of anilines is 1. The number of thiophene rings is 1. The summed E-state index contributed by atoms with van der Waals surface area (Å²) >= 11 is 1.85. The predicted molar refractivity (Wildman–Crippen MR) is 109 cm³/mol. The summed E-state index contributed by atoms with van der Waals surface area (Å²) < 4.78 is 5.50. The lowest BCUT2D eigenvalue weighted by molar-refractivity contribution is -0.128. The number of hydrogen-bond donors (Lipinski definition) is 0. The summed E-state index contributed by atoms with van der Waals surface area (Å²) in [4.78, 5) is 21.4. The monoisotopic (exact) mass is 385 g/mol. The maximum Gasteiger partial charge on any atom is 0.222 e. The van der Waals surface area contributed by atoms with Crippen molar-refractivity contribution in [3.05, 3.63) is 46.2 Å². The van der Waals surface area contributed by atoms with Crippen LogP contribution in [0, 0.1) is 0 Å². The van der Waals surface area contributed by atoms with Gasteiger partial charge in [0.05, 0.1) is 19.3 Å². The number of carbonyl (C=O) groups is 1. The molecule has 3 heterocycles. The van der Waals surface area contributed by atoms with Crippen LogP contribution in [0.5, 0.6) is 5.75 Å². The van der Waals surface area contributed by atoms with Crippen molar-refractivity contribution in [2.24, 2.45) is 0 Å². The van der Waals surface area contributed by atoms with Crippen molar-refractivity contribution in [1.82, 2.24) is 9.80 Å². The van der Waals surface area contributed by atoms with E-state index in [1.807, 2.05) is 28.4 Å². The molecule has 1 amide bonds. The maximum atomic E-state index is 11.8. The fourth-order valence-corrected chi connectivity index (χ4v) is 4.99. The van der Waals surface area contributed by atoms with Gasteiger partial charge in [-0.1, -0.05) is 12.1 Å². The number of ether oxygens (including phenoxy) is 1. The predicted octanol–water partition coefficient (Wildman–Crippen LogP) is 3.20. The molecule has 0 radical (unpaired) electrons. The van der Waals surface area contributed by atoms with Gasteiger partial charge in [0.25, 0.3) is 0 Å². The molecule has 1 aromatic heterocycles. The van der Waals surface area contributed by atoms with Crippen LogP contribution in [-0.2, 0) is 17.9 Å². The quantitative estimate of drug-likeness (QED) is 0.765. The van der Waals surface area contributed by atoms with Gasteiger partial charge in [-0.2, -0.15) is 0 Å². The van der Waals surface area contributed by atoms with Crippen molar-refractivity contribution in [2.75, 3.05) is 44.7 Å². The number of rotatable bonds is 6. The van der Waals surface area contributed by atoms with E-state index in [1.54, 1.807) is 7.11 Å². The first-order valence-corrected chi connectivity index (χ1v) is 10.5. The number of para-hydroxylation sites is 2. The van der Waals surface area contributed by atoms with Crippen LogP contribution in [0.2, 0.25) is 0 Å². The lowest BCUT2D eigenvalue weighted by atomic mass is 10.2. The van der Waals surface area contributed by atoms with Gasteiger partial charge in [0.2, 0.25) is 5.91 Å². The fourth-order valence-electron chi connectivity index (χ4n) is 3.91. The molecule has 27 heavy (non-hydrogen) atoms. The number of likely N-dealkylation sites (tertiary alicyclic amines) is 1. The molecule has 0 N–H and O–H groups in total. The number of piperazine rings is 1. The van der Waals surface area contributed by atoms with Gasteiger partial charge < -0.3 is 14.5 Å². The van der Waals surface area contributed by atoms with Crippen molar-refractivity contribution >= 4 is 22.9 Å². The van der Waals surface area contributed by atoms with Gasteiger partial charge in [-0.15, -0.1) is 11.3 Å². The van der Waals surface area contributed by atoms with Gasteiger partial charge in [-0.3, -0.25) is 9.69 Å². The Morgan fingerprint density at radius 1 is 0.963 bits per heavy atom. The van der Waals surface area contributed by atoms with E-state index in [4.69, 9.17) is 4.74 Å². The molecule has 5 nitrogen and oxygen atoms in total. The van der Waals surface area contributed by atoms with Crippen molar-refractivity contribution < 1.29 is 9.53 Å². The Kier molecular flexibility index (Phi) is 5.64. The van der Waals surface area contributed by atoms with Crippen molar-refractivity contribution in [1.29, 1.82) is 0 Å². The van der Waals surface area contributed by atoms with Gasteiger partial charge in [0, 0.05) is 55.4 Å². The second-order valence-electron chi connectivity index (χ2n) is 7.22. The molecule has 2 aliphatic rings. The zero-order valence-electron chi connectivity index (χ0n) is 15.9. The highest BCUT2D eigenvalue weighted by atomic mass is 32.1. The van der Waals surface area contributed by atoms with E-state index in [2.05, 4.69) is 34.1 Å². The molecule has 0 saturated carbocycles. The zero-order valence-corrected chi connectivity index (χ0v) is 16.7. The molecule has 4 rings (SSSR count). The summed E-state index contributed by atoms with van der Waals surface area (Å²) in [6, 6.07) is 12.7. The van der Waals surface area contributed by atoms with E-state index in [1.165, 1.54) is 15.4 Å². The molecule has 6 heteroatoms. The fraction of sp³-hybridized carbons (Fsp3) is 0.476. The van der Waals surface area contributed by atoms with E-state index in [-0.39, 0.29) is 0 Å². The third-order valence-electron chi connectivity index (χ3n) is 5.41. The molecule has 0 unspecified atom stereocenters. The van der Waals surface area contributed by atoms with E-state index >= 15 is 0 Å². The molecule has 0 bridgehead atoms. The Balaban J connectivity index is 1.30. The van der Waals surface area contributed by atoms with E-state index < -0.39 is 0 Å². The van der Waals surface area contributed by atoms with Gasteiger partial charge in [-0.25, -0.2) is 0 Å². The normalized spacial score (nSPS) is 18.3. The molecule has 2 fully saturated rings. The van der Waals surface area contributed by atoms with E-state index in [9.17, 15) is 4.79 Å². The molecule has 144 valence electrons. The van der Waals surface area contributed by atoms with Crippen LogP contribution in [0.25, 0.3) is 0 Å².